The molecule has 2 amide bonds. The number of alkyl halides is 3. The van der Waals surface area contributed by atoms with E-state index in [-0.39, 0.29) is 10.8 Å². The molecule has 5 nitrogen and oxygen atoms in total. The van der Waals surface area contributed by atoms with Gasteiger partial charge in [-0.05, 0) is 6.07 Å². The van der Waals surface area contributed by atoms with Crippen molar-refractivity contribution >= 4 is 23.4 Å². The number of anilines is 1. The number of hydrogen-bond acceptors (Lipinski definition) is 3. The molecule has 1 aromatic rings. The average molecular weight is 309 g/mol. The van der Waals surface area contributed by atoms with Crippen LogP contribution in [0.2, 0.25) is 5.02 Å². The Morgan fingerprint density at radius 2 is 1.90 bits per heavy atom. The minimum Gasteiger partial charge on any atom is -0.352 e. The number of nitrogens with zero attached hydrogens (tertiary/aromatic N) is 3. The molecule has 2 rings (SSSR count). The Labute approximate surface area is 118 Å². The molecule has 0 radical (unpaired) electrons. The summed E-state index contributed by atoms with van der Waals surface area (Å²) in [7, 11) is 0. The van der Waals surface area contributed by atoms with Crippen molar-refractivity contribution in [3.63, 3.8) is 0 Å². The van der Waals surface area contributed by atoms with E-state index in [1.807, 2.05) is 0 Å². The summed E-state index contributed by atoms with van der Waals surface area (Å²) in [6, 6.07) is 0.334. The van der Waals surface area contributed by atoms with Crippen LogP contribution in [0.15, 0.2) is 12.3 Å². The van der Waals surface area contributed by atoms with Gasteiger partial charge in [-0.2, -0.15) is 13.2 Å². The number of urea groups is 1. The molecule has 2 heterocycles. The van der Waals surface area contributed by atoms with Crippen molar-refractivity contribution < 1.29 is 18.0 Å². The van der Waals surface area contributed by atoms with Crippen LogP contribution in [0.5, 0.6) is 0 Å². The molecular formula is C11H12ClF3N4O. The number of rotatable bonds is 1. The van der Waals surface area contributed by atoms with Crippen LogP contribution >= 0.6 is 11.6 Å². The zero-order valence-electron chi connectivity index (χ0n) is 10.3. The highest BCUT2D eigenvalue weighted by molar-refractivity contribution is 6.33. The molecule has 0 saturated carbocycles. The number of pyridine rings is 1. The minimum absolute atomic E-state index is 0.0626. The molecule has 0 unspecified atom stereocenters. The molecule has 1 aliphatic heterocycles. The first-order valence-electron chi connectivity index (χ1n) is 5.81. The van der Waals surface area contributed by atoms with Gasteiger partial charge < -0.3 is 15.5 Å². The van der Waals surface area contributed by atoms with Crippen molar-refractivity contribution in [2.24, 2.45) is 5.73 Å². The van der Waals surface area contributed by atoms with Crippen LogP contribution in [0.25, 0.3) is 0 Å². The topological polar surface area (TPSA) is 62.5 Å². The average Bonchev–Trinajstić information content (AvgIpc) is 2.37. The maximum absolute atomic E-state index is 12.5. The number of amides is 2. The van der Waals surface area contributed by atoms with Crippen LogP contribution in [0, 0.1) is 0 Å². The van der Waals surface area contributed by atoms with Gasteiger partial charge in [-0.1, -0.05) is 11.6 Å². The first-order chi connectivity index (χ1) is 9.29. The molecule has 0 atom stereocenters. The molecule has 1 saturated heterocycles. The Kier molecular flexibility index (Phi) is 3.94. The summed E-state index contributed by atoms with van der Waals surface area (Å²) in [6.45, 7) is 1.60. The Morgan fingerprint density at radius 3 is 2.35 bits per heavy atom. The predicted octanol–water partition coefficient (Wildman–Crippen LogP) is 1.95. The maximum atomic E-state index is 12.5. The van der Waals surface area contributed by atoms with Gasteiger partial charge in [-0.15, -0.1) is 0 Å². The van der Waals surface area contributed by atoms with Crippen molar-refractivity contribution in [2.75, 3.05) is 31.1 Å². The van der Waals surface area contributed by atoms with Crippen molar-refractivity contribution in [3.05, 3.63) is 22.8 Å². The molecule has 0 aliphatic carbocycles. The predicted molar refractivity (Wildman–Crippen MR) is 67.6 cm³/mol. The minimum atomic E-state index is -4.47. The lowest BCUT2D eigenvalue weighted by molar-refractivity contribution is -0.137. The van der Waals surface area contributed by atoms with Crippen LogP contribution in [0.1, 0.15) is 5.56 Å². The Bertz CT molecular complexity index is 515. The van der Waals surface area contributed by atoms with Gasteiger partial charge in [0.05, 0.1) is 10.6 Å². The van der Waals surface area contributed by atoms with Gasteiger partial charge in [0, 0.05) is 32.4 Å². The highest BCUT2D eigenvalue weighted by atomic mass is 35.5. The molecule has 0 bridgehead atoms. The summed E-state index contributed by atoms with van der Waals surface area (Å²) in [5.41, 5.74) is 4.26. The highest BCUT2D eigenvalue weighted by Gasteiger charge is 2.32. The van der Waals surface area contributed by atoms with Crippen molar-refractivity contribution in [1.29, 1.82) is 0 Å². The van der Waals surface area contributed by atoms with E-state index in [1.54, 1.807) is 4.90 Å². The summed E-state index contributed by atoms with van der Waals surface area (Å²) in [6.07, 6.45) is -3.72. The van der Waals surface area contributed by atoms with E-state index in [1.165, 1.54) is 4.90 Å². The summed E-state index contributed by atoms with van der Waals surface area (Å²) >= 11 is 5.86. The molecular weight excluding hydrogens is 297 g/mol. The second kappa shape index (κ2) is 5.35. The van der Waals surface area contributed by atoms with Crippen LogP contribution in [-0.2, 0) is 6.18 Å². The fraction of sp³-hybridized carbons (Fsp3) is 0.455. The molecule has 110 valence electrons. The Hall–Kier alpha value is -1.70. The van der Waals surface area contributed by atoms with E-state index in [0.29, 0.717) is 26.2 Å². The lowest BCUT2D eigenvalue weighted by atomic mass is 10.2. The van der Waals surface area contributed by atoms with E-state index >= 15 is 0 Å². The quantitative estimate of drug-likeness (QED) is 0.862. The van der Waals surface area contributed by atoms with Gasteiger partial charge in [0.2, 0.25) is 0 Å². The standard InChI is InChI=1S/C11H12ClF3N4O/c12-8-5-7(11(13,14)15)6-17-9(8)18-1-3-19(4-2-18)10(16)20/h5-6H,1-4H2,(H2,16,20). The molecule has 1 aliphatic rings. The maximum Gasteiger partial charge on any atom is 0.417 e. The van der Waals surface area contributed by atoms with Gasteiger partial charge in [-0.25, -0.2) is 9.78 Å². The number of carbonyl (C=O) groups is 1. The number of nitrogens with two attached hydrogens (primary N) is 1. The molecule has 2 N–H and O–H groups in total. The summed E-state index contributed by atoms with van der Waals surface area (Å²) in [5, 5.41) is -0.0626. The molecule has 9 heteroatoms. The fourth-order valence-electron chi connectivity index (χ4n) is 1.96. The van der Waals surface area contributed by atoms with Gasteiger partial charge in [0.25, 0.3) is 0 Å². The van der Waals surface area contributed by atoms with E-state index in [4.69, 9.17) is 17.3 Å². The first-order valence-corrected chi connectivity index (χ1v) is 6.19. The third-order valence-corrected chi connectivity index (χ3v) is 3.32. The number of halogens is 4. The zero-order valence-corrected chi connectivity index (χ0v) is 11.1. The highest BCUT2D eigenvalue weighted by Crippen LogP contribution is 2.33. The smallest absolute Gasteiger partial charge is 0.352 e. The fourth-order valence-corrected chi connectivity index (χ4v) is 2.24. The lowest BCUT2D eigenvalue weighted by Crippen LogP contribution is -2.50. The lowest BCUT2D eigenvalue weighted by Gasteiger charge is -2.34. The summed E-state index contributed by atoms with van der Waals surface area (Å²) < 4.78 is 37.5. The SMILES string of the molecule is NC(=O)N1CCN(c2ncc(C(F)(F)F)cc2Cl)CC1. The van der Waals surface area contributed by atoms with Gasteiger partial charge in [-0.3, -0.25) is 0 Å². The monoisotopic (exact) mass is 308 g/mol. The number of carbonyl (C=O) groups excluding carboxylic acids is 1. The Morgan fingerprint density at radius 1 is 1.30 bits per heavy atom. The largest absolute Gasteiger partial charge is 0.417 e. The van der Waals surface area contributed by atoms with Crippen molar-refractivity contribution in [3.8, 4) is 0 Å². The third-order valence-electron chi connectivity index (χ3n) is 3.04. The van der Waals surface area contributed by atoms with Gasteiger partial charge >= 0.3 is 12.2 Å². The third kappa shape index (κ3) is 3.06. The van der Waals surface area contributed by atoms with E-state index in [9.17, 15) is 18.0 Å². The number of primary amides is 1. The normalized spacial score (nSPS) is 16.4. The van der Waals surface area contributed by atoms with Crippen molar-refractivity contribution in [2.45, 2.75) is 6.18 Å². The summed E-state index contributed by atoms with van der Waals surface area (Å²) in [4.78, 5) is 17.9. The molecule has 1 aromatic heterocycles. The van der Waals surface area contributed by atoms with Crippen LogP contribution in [0.4, 0.5) is 23.8 Å². The second-order valence-corrected chi connectivity index (χ2v) is 4.75. The van der Waals surface area contributed by atoms with E-state index < -0.39 is 17.8 Å². The van der Waals surface area contributed by atoms with Crippen LogP contribution < -0.4 is 10.6 Å². The van der Waals surface area contributed by atoms with Gasteiger partial charge in [0.1, 0.15) is 5.82 Å². The molecule has 0 aromatic carbocycles. The van der Waals surface area contributed by atoms with Crippen molar-refractivity contribution in [1.82, 2.24) is 9.88 Å². The molecule has 20 heavy (non-hydrogen) atoms. The first kappa shape index (κ1) is 14.7. The Balaban J connectivity index is 2.13. The molecule has 0 spiro atoms. The number of piperazine rings is 1. The van der Waals surface area contributed by atoms with Crippen LogP contribution in [0.3, 0.4) is 0 Å². The van der Waals surface area contributed by atoms with E-state index in [2.05, 4.69) is 4.98 Å². The number of aromatic nitrogens is 1. The van der Waals surface area contributed by atoms with Gasteiger partial charge in [0.15, 0.2) is 0 Å². The zero-order chi connectivity index (χ0) is 14.9. The number of hydrogen-bond donors (Lipinski definition) is 1. The summed E-state index contributed by atoms with van der Waals surface area (Å²) in [5.74, 6) is 0.281. The van der Waals surface area contributed by atoms with E-state index in [0.717, 1.165) is 12.3 Å². The van der Waals surface area contributed by atoms with Crippen LogP contribution in [-0.4, -0.2) is 42.1 Å². The molecule has 1 fully saturated rings. The second-order valence-electron chi connectivity index (χ2n) is 4.34.